The quantitative estimate of drug-likeness (QED) is 0.665. The largest absolute Gasteiger partial charge is 0.481 e. The van der Waals surface area contributed by atoms with E-state index in [0.717, 1.165) is 10.5 Å². The van der Waals surface area contributed by atoms with Crippen molar-refractivity contribution in [3.8, 4) is 5.75 Å². The summed E-state index contributed by atoms with van der Waals surface area (Å²) in [5.41, 5.74) is 1.03. The van der Waals surface area contributed by atoms with Crippen molar-refractivity contribution in [2.24, 2.45) is 0 Å². The molecule has 4 heteroatoms. The smallest absolute Gasteiger partial charge is 0.339 e. The molecule has 0 heterocycles. The van der Waals surface area contributed by atoms with Crippen LogP contribution in [0.1, 0.15) is 15.9 Å². The number of rotatable bonds is 5. The van der Waals surface area contributed by atoms with Crippen LogP contribution in [0.5, 0.6) is 5.75 Å². The third-order valence-electron chi connectivity index (χ3n) is 2.61. The zero-order valence-corrected chi connectivity index (χ0v) is 11.3. The van der Waals surface area contributed by atoms with E-state index < -0.39 is 5.97 Å². The third-order valence-corrected chi connectivity index (χ3v) is 3.46. The molecule has 0 radical (unpaired) electrons. The van der Waals surface area contributed by atoms with Crippen LogP contribution in [0.25, 0.3) is 0 Å². The zero-order chi connectivity index (χ0) is 13.7. The summed E-state index contributed by atoms with van der Waals surface area (Å²) in [4.78, 5) is 12.2. The van der Waals surface area contributed by atoms with Gasteiger partial charge in [0.25, 0.3) is 0 Å². The predicted octanol–water partition coefficient (Wildman–Crippen LogP) is 3.82. The standard InChI is InChI=1S/C15H14O3S/c1-11-6-5-9-13(15(16)17)14(11)18-10-19-12-7-3-2-4-8-12/h2-9H,10H2,1H3,(H,16,17). The fourth-order valence-electron chi connectivity index (χ4n) is 1.69. The highest BCUT2D eigenvalue weighted by Crippen LogP contribution is 2.26. The van der Waals surface area contributed by atoms with Crippen molar-refractivity contribution in [2.45, 2.75) is 11.8 Å². The summed E-state index contributed by atoms with van der Waals surface area (Å²) in [6, 6.07) is 15.0. The molecule has 0 fully saturated rings. The number of ether oxygens (including phenoxy) is 1. The van der Waals surface area contributed by atoms with Gasteiger partial charge in [0.05, 0.1) is 0 Å². The maximum Gasteiger partial charge on any atom is 0.339 e. The lowest BCUT2D eigenvalue weighted by atomic mass is 10.1. The summed E-state index contributed by atoms with van der Waals surface area (Å²) >= 11 is 1.53. The zero-order valence-electron chi connectivity index (χ0n) is 10.5. The first-order valence-electron chi connectivity index (χ1n) is 5.82. The first-order valence-corrected chi connectivity index (χ1v) is 6.80. The van der Waals surface area contributed by atoms with Gasteiger partial charge in [-0.15, -0.1) is 0 Å². The highest BCUT2D eigenvalue weighted by Gasteiger charge is 2.13. The Labute approximate surface area is 116 Å². The number of thioether (sulfide) groups is 1. The van der Waals surface area contributed by atoms with Gasteiger partial charge < -0.3 is 9.84 Å². The molecule has 0 atom stereocenters. The summed E-state index contributed by atoms with van der Waals surface area (Å²) in [6.45, 7) is 1.84. The number of carbonyl (C=O) groups is 1. The van der Waals surface area contributed by atoms with E-state index in [-0.39, 0.29) is 5.56 Å². The van der Waals surface area contributed by atoms with E-state index in [4.69, 9.17) is 9.84 Å². The molecule has 0 amide bonds. The number of carboxylic acid groups (broad SMARTS) is 1. The summed E-state index contributed by atoms with van der Waals surface area (Å²) in [5, 5.41) is 9.12. The molecule has 0 aliphatic rings. The Hall–Kier alpha value is -1.94. The number of aromatic carboxylic acids is 1. The number of para-hydroxylation sites is 1. The van der Waals surface area contributed by atoms with Crippen LogP contribution in [-0.2, 0) is 0 Å². The highest BCUT2D eigenvalue weighted by molar-refractivity contribution is 7.99. The van der Waals surface area contributed by atoms with Crippen molar-refractivity contribution in [2.75, 3.05) is 5.94 Å². The second-order valence-corrected chi connectivity index (χ2v) is 4.97. The Morgan fingerprint density at radius 1 is 1.16 bits per heavy atom. The van der Waals surface area contributed by atoms with Gasteiger partial charge in [-0.3, -0.25) is 0 Å². The van der Waals surface area contributed by atoms with Crippen LogP contribution in [-0.4, -0.2) is 17.0 Å². The number of carboxylic acids is 1. The number of benzene rings is 2. The van der Waals surface area contributed by atoms with E-state index in [1.165, 1.54) is 11.8 Å². The van der Waals surface area contributed by atoms with Crippen LogP contribution < -0.4 is 4.74 Å². The summed E-state index contributed by atoms with van der Waals surface area (Å²) in [7, 11) is 0. The predicted molar refractivity (Wildman–Crippen MR) is 75.9 cm³/mol. The Morgan fingerprint density at radius 2 is 1.89 bits per heavy atom. The monoisotopic (exact) mass is 274 g/mol. The Bertz CT molecular complexity index is 567. The lowest BCUT2D eigenvalue weighted by Crippen LogP contribution is -2.04. The Morgan fingerprint density at radius 3 is 2.58 bits per heavy atom. The summed E-state index contributed by atoms with van der Waals surface area (Å²) < 4.78 is 5.62. The van der Waals surface area contributed by atoms with Gasteiger partial charge in [0, 0.05) is 4.90 Å². The molecule has 2 rings (SSSR count). The molecule has 2 aromatic rings. The Balaban J connectivity index is 2.05. The van der Waals surface area contributed by atoms with E-state index in [2.05, 4.69) is 0 Å². The third kappa shape index (κ3) is 3.51. The van der Waals surface area contributed by atoms with Gasteiger partial charge in [-0.1, -0.05) is 42.1 Å². The number of hydrogen-bond acceptors (Lipinski definition) is 3. The van der Waals surface area contributed by atoms with Crippen molar-refractivity contribution in [3.05, 3.63) is 59.7 Å². The highest BCUT2D eigenvalue weighted by atomic mass is 32.2. The molecule has 0 aromatic heterocycles. The van der Waals surface area contributed by atoms with Crippen LogP contribution in [0.4, 0.5) is 0 Å². The molecule has 3 nitrogen and oxygen atoms in total. The van der Waals surface area contributed by atoms with Crippen molar-refractivity contribution < 1.29 is 14.6 Å². The van der Waals surface area contributed by atoms with Crippen LogP contribution >= 0.6 is 11.8 Å². The maximum absolute atomic E-state index is 11.1. The van der Waals surface area contributed by atoms with Crippen LogP contribution in [0.2, 0.25) is 0 Å². The molecule has 0 unspecified atom stereocenters. The fourth-order valence-corrected chi connectivity index (χ4v) is 2.35. The van der Waals surface area contributed by atoms with Crippen LogP contribution in [0.15, 0.2) is 53.4 Å². The molecule has 19 heavy (non-hydrogen) atoms. The maximum atomic E-state index is 11.1. The van der Waals surface area contributed by atoms with Crippen LogP contribution in [0, 0.1) is 6.92 Å². The Kier molecular flexibility index (Phi) is 4.47. The lowest BCUT2D eigenvalue weighted by molar-refractivity contribution is 0.0693. The molecule has 0 saturated carbocycles. The van der Waals surface area contributed by atoms with Crippen molar-refractivity contribution >= 4 is 17.7 Å². The lowest BCUT2D eigenvalue weighted by Gasteiger charge is -2.11. The molecule has 0 saturated heterocycles. The normalized spacial score (nSPS) is 10.2. The van der Waals surface area contributed by atoms with Gasteiger partial charge in [-0.05, 0) is 30.7 Å². The van der Waals surface area contributed by atoms with Gasteiger partial charge in [-0.2, -0.15) is 0 Å². The second-order valence-electron chi connectivity index (χ2n) is 3.98. The molecule has 0 aliphatic heterocycles. The minimum Gasteiger partial charge on any atom is -0.481 e. The molecule has 2 aromatic carbocycles. The SMILES string of the molecule is Cc1cccc(C(=O)O)c1OCSc1ccccc1. The summed E-state index contributed by atoms with van der Waals surface area (Å²) in [6.07, 6.45) is 0. The van der Waals surface area contributed by atoms with E-state index in [1.54, 1.807) is 12.1 Å². The van der Waals surface area contributed by atoms with Gasteiger partial charge in [0.2, 0.25) is 0 Å². The molecular formula is C15H14O3S. The first kappa shape index (κ1) is 13.5. The molecule has 0 spiro atoms. The van der Waals surface area contributed by atoms with Gasteiger partial charge >= 0.3 is 5.97 Å². The van der Waals surface area contributed by atoms with Crippen molar-refractivity contribution in [1.82, 2.24) is 0 Å². The molecule has 0 aliphatic carbocycles. The van der Waals surface area contributed by atoms with E-state index >= 15 is 0 Å². The number of hydrogen-bond donors (Lipinski definition) is 1. The van der Waals surface area contributed by atoms with E-state index in [0.29, 0.717) is 11.7 Å². The van der Waals surface area contributed by atoms with Crippen molar-refractivity contribution in [3.63, 3.8) is 0 Å². The molecular weight excluding hydrogens is 260 g/mol. The van der Waals surface area contributed by atoms with Gasteiger partial charge in [-0.25, -0.2) is 4.79 Å². The number of aryl methyl sites for hydroxylation is 1. The van der Waals surface area contributed by atoms with Crippen LogP contribution in [0.3, 0.4) is 0 Å². The molecule has 0 bridgehead atoms. The average molecular weight is 274 g/mol. The van der Waals surface area contributed by atoms with Gasteiger partial charge in [0.15, 0.2) is 0 Å². The average Bonchev–Trinajstić information content (AvgIpc) is 2.41. The van der Waals surface area contributed by atoms with E-state index in [9.17, 15) is 4.79 Å². The first-order chi connectivity index (χ1) is 9.18. The molecule has 1 N–H and O–H groups in total. The fraction of sp³-hybridized carbons (Fsp3) is 0.133. The van der Waals surface area contributed by atoms with Gasteiger partial charge in [0.1, 0.15) is 17.3 Å². The van der Waals surface area contributed by atoms with Crippen molar-refractivity contribution in [1.29, 1.82) is 0 Å². The summed E-state index contributed by atoms with van der Waals surface area (Å²) in [5.74, 6) is -0.142. The van der Waals surface area contributed by atoms with E-state index in [1.807, 2.05) is 43.3 Å². The minimum absolute atomic E-state index is 0.202. The topological polar surface area (TPSA) is 46.5 Å². The second kappa shape index (κ2) is 6.29. The minimum atomic E-state index is -0.969. The molecule has 98 valence electrons.